The molecule has 92 valence electrons. The van der Waals surface area contributed by atoms with Gasteiger partial charge in [-0.2, -0.15) is 11.8 Å². The molecule has 1 N–H and O–H groups in total. The fourth-order valence-electron chi connectivity index (χ4n) is 2.62. The van der Waals surface area contributed by atoms with Gasteiger partial charge in [-0.3, -0.25) is 0 Å². The Balaban J connectivity index is 1.53. The Hall–Kier alpha value is 0.01000. The van der Waals surface area contributed by atoms with Gasteiger partial charge in [-0.15, -0.1) is 0 Å². The summed E-state index contributed by atoms with van der Waals surface area (Å²) in [5.41, 5.74) is 1.50. The third-order valence-electron chi connectivity index (χ3n) is 3.76. The minimum atomic E-state index is 0.740. The van der Waals surface area contributed by atoms with Gasteiger partial charge in [-0.1, -0.05) is 28.1 Å². The maximum Gasteiger partial charge on any atom is 0.0175 e. The van der Waals surface area contributed by atoms with Crippen LogP contribution in [0.5, 0.6) is 0 Å². The van der Waals surface area contributed by atoms with Gasteiger partial charge in [0, 0.05) is 22.5 Å². The molecule has 3 rings (SSSR count). The van der Waals surface area contributed by atoms with Gasteiger partial charge in [-0.05, 0) is 48.5 Å². The second kappa shape index (κ2) is 5.33. The van der Waals surface area contributed by atoms with E-state index in [1.54, 1.807) is 0 Å². The van der Waals surface area contributed by atoms with Crippen molar-refractivity contribution in [1.29, 1.82) is 0 Å². The van der Waals surface area contributed by atoms with Crippen LogP contribution in [-0.2, 0) is 0 Å². The molecular formula is C14H18BrNS. The average Bonchev–Trinajstić information content (AvgIpc) is 3.11. The Morgan fingerprint density at radius 3 is 2.53 bits per heavy atom. The molecule has 1 aromatic carbocycles. The molecule has 1 nitrogen and oxygen atoms in total. The van der Waals surface area contributed by atoms with E-state index in [4.69, 9.17) is 0 Å². The summed E-state index contributed by atoms with van der Waals surface area (Å²) in [4.78, 5) is 0. The van der Waals surface area contributed by atoms with Crippen molar-refractivity contribution in [3.8, 4) is 0 Å². The largest absolute Gasteiger partial charge is 0.311 e. The van der Waals surface area contributed by atoms with Crippen molar-refractivity contribution in [3.05, 3.63) is 34.3 Å². The summed E-state index contributed by atoms with van der Waals surface area (Å²) in [6.07, 6.45) is 4.04. The van der Waals surface area contributed by atoms with E-state index in [0.717, 1.165) is 18.0 Å². The summed E-state index contributed by atoms with van der Waals surface area (Å²) in [5.74, 6) is 3.44. The standard InChI is InChI=1S/C14H18BrNS/c15-11-3-1-10(2-4-11)13-9-14(13)16-12-5-7-17-8-6-12/h1-4,12-14,16H,5-9H2. The molecule has 1 saturated heterocycles. The predicted octanol–water partition coefficient (Wildman–Crippen LogP) is 3.79. The van der Waals surface area contributed by atoms with E-state index in [0.29, 0.717) is 0 Å². The lowest BCUT2D eigenvalue weighted by Gasteiger charge is -2.22. The van der Waals surface area contributed by atoms with Crippen molar-refractivity contribution < 1.29 is 0 Å². The molecule has 1 aliphatic heterocycles. The summed E-state index contributed by atoms with van der Waals surface area (Å²) in [6, 6.07) is 10.3. The van der Waals surface area contributed by atoms with Crippen LogP contribution in [0.15, 0.2) is 28.7 Å². The highest BCUT2D eigenvalue weighted by atomic mass is 79.9. The first-order valence-corrected chi connectivity index (χ1v) is 8.37. The first kappa shape index (κ1) is 12.1. The van der Waals surface area contributed by atoms with Crippen LogP contribution in [0.1, 0.15) is 30.7 Å². The lowest BCUT2D eigenvalue weighted by Crippen LogP contribution is -2.34. The van der Waals surface area contributed by atoms with Crippen LogP contribution in [-0.4, -0.2) is 23.6 Å². The molecule has 1 heterocycles. The highest BCUT2D eigenvalue weighted by Gasteiger charge is 2.39. The Kier molecular flexibility index (Phi) is 3.78. The van der Waals surface area contributed by atoms with Gasteiger partial charge < -0.3 is 5.32 Å². The SMILES string of the molecule is Brc1ccc(C2CC2NC2CCSCC2)cc1. The molecule has 0 spiro atoms. The second-order valence-electron chi connectivity index (χ2n) is 5.05. The molecule has 2 atom stereocenters. The number of nitrogens with one attached hydrogen (secondary N) is 1. The van der Waals surface area contributed by atoms with Crippen LogP contribution < -0.4 is 5.32 Å². The Bertz CT molecular complexity index is 372. The molecular weight excluding hydrogens is 294 g/mol. The van der Waals surface area contributed by atoms with E-state index in [-0.39, 0.29) is 0 Å². The average molecular weight is 312 g/mol. The quantitative estimate of drug-likeness (QED) is 0.911. The Morgan fingerprint density at radius 2 is 1.82 bits per heavy atom. The van der Waals surface area contributed by atoms with Crippen molar-refractivity contribution in [1.82, 2.24) is 5.32 Å². The fourth-order valence-corrected chi connectivity index (χ4v) is 4.00. The first-order chi connectivity index (χ1) is 8.33. The third kappa shape index (κ3) is 3.07. The van der Waals surface area contributed by atoms with E-state index in [1.807, 2.05) is 0 Å². The minimum absolute atomic E-state index is 0.740. The Morgan fingerprint density at radius 1 is 1.12 bits per heavy atom. The monoisotopic (exact) mass is 311 g/mol. The molecule has 0 bridgehead atoms. The highest BCUT2D eigenvalue weighted by Crippen LogP contribution is 2.41. The van der Waals surface area contributed by atoms with Gasteiger partial charge in [0.25, 0.3) is 0 Å². The van der Waals surface area contributed by atoms with Crippen LogP contribution >= 0.6 is 27.7 Å². The zero-order valence-electron chi connectivity index (χ0n) is 9.86. The zero-order chi connectivity index (χ0) is 11.7. The molecule has 3 heteroatoms. The van der Waals surface area contributed by atoms with Gasteiger partial charge in [0.15, 0.2) is 0 Å². The van der Waals surface area contributed by atoms with E-state index in [2.05, 4.69) is 57.3 Å². The number of thioether (sulfide) groups is 1. The maximum absolute atomic E-state index is 3.83. The van der Waals surface area contributed by atoms with E-state index in [1.165, 1.54) is 40.8 Å². The van der Waals surface area contributed by atoms with Gasteiger partial charge in [0.2, 0.25) is 0 Å². The lowest BCUT2D eigenvalue weighted by molar-refractivity contribution is 0.475. The van der Waals surface area contributed by atoms with Gasteiger partial charge in [0.1, 0.15) is 0 Å². The van der Waals surface area contributed by atoms with Gasteiger partial charge >= 0.3 is 0 Å². The molecule has 1 saturated carbocycles. The summed E-state index contributed by atoms with van der Waals surface area (Å²) in [6.45, 7) is 0. The van der Waals surface area contributed by atoms with Gasteiger partial charge in [0.05, 0.1) is 0 Å². The smallest absolute Gasteiger partial charge is 0.0175 e. The molecule has 0 aromatic heterocycles. The second-order valence-corrected chi connectivity index (χ2v) is 7.19. The summed E-state index contributed by atoms with van der Waals surface area (Å²) >= 11 is 5.59. The molecule has 0 radical (unpaired) electrons. The molecule has 0 amide bonds. The van der Waals surface area contributed by atoms with Crippen molar-refractivity contribution >= 4 is 27.7 Å². The highest BCUT2D eigenvalue weighted by molar-refractivity contribution is 9.10. The van der Waals surface area contributed by atoms with Crippen LogP contribution in [0.2, 0.25) is 0 Å². The number of rotatable bonds is 3. The number of benzene rings is 1. The number of halogens is 1. The Labute approximate surface area is 116 Å². The van der Waals surface area contributed by atoms with Crippen LogP contribution in [0.3, 0.4) is 0 Å². The fraction of sp³-hybridized carbons (Fsp3) is 0.571. The molecule has 2 fully saturated rings. The molecule has 1 aromatic rings. The molecule has 1 aliphatic carbocycles. The van der Waals surface area contributed by atoms with Crippen molar-refractivity contribution in [3.63, 3.8) is 0 Å². The van der Waals surface area contributed by atoms with E-state index < -0.39 is 0 Å². The number of hydrogen-bond acceptors (Lipinski definition) is 2. The lowest BCUT2D eigenvalue weighted by atomic mass is 10.1. The third-order valence-corrected chi connectivity index (χ3v) is 5.34. The van der Waals surface area contributed by atoms with Gasteiger partial charge in [-0.25, -0.2) is 0 Å². The predicted molar refractivity (Wildman–Crippen MR) is 78.8 cm³/mol. The number of hydrogen-bond donors (Lipinski definition) is 1. The molecule has 17 heavy (non-hydrogen) atoms. The molecule has 2 aliphatic rings. The maximum atomic E-state index is 3.83. The van der Waals surface area contributed by atoms with E-state index >= 15 is 0 Å². The minimum Gasteiger partial charge on any atom is -0.311 e. The van der Waals surface area contributed by atoms with E-state index in [9.17, 15) is 0 Å². The normalized spacial score (nSPS) is 29.2. The summed E-state index contributed by atoms with van der Waals surface area (Å²) in [5, 5.41) is 3.83. The van der Waals surface area contributed by atoms with Crippen LogP contribution in [0.4, 0.5) is 0 Å². The molecule has 2 unspecified atom stereocenters. The van der Waals surface area contributed by atoms with Crippen LogP contribution in [0, 0.1) is 0 Å². The topological polar surface area (TPSA) is 12.0 Å². The zero-order valence-corrected chi connectivity index (χ0v) is 12.3. The summed E-state index contributed by atoms with van der Waals surface area (Å²) < 4.78 is 1.18. The summed E-state index contributed by atoms with van der Waals surface area (Å²) in [7, 11) is 0. The van der Waals surface area contributed by atoms with Crippen LogP contribution in [0.25, 0.3) is 0 Å². The van der Waals surface area contributed by atoms with Crippen molar-refractivity contribution in [2.45, 2.75) is 37.3 Å². The van der Waals surface area contributed by atoms with Crippen molar-refractivity contribution in [2.24, 2.45) is 0 Å². The van der Waals surface area contributed by atoms with Crippen molar-refractivity contribution in [2.75, 3.05) is 11.5 Å². The first-order valence-electron chi connectivity index (χ1n) is 6.42.